The van der Waals surface area contributed by atoms with E-state index in [0.29, 0.717) is 11.6 Å². The van der Waals surface area contributed by atoms with Crippen LogP contribution in [-0.4, -0.2) is 41.4 Å². The van der Waals surface area contributed by atoms with Gasteiger partial charge in [-0.1, -0.05) is 61.9 Å². The van der Waals surface area contributed by atoms with Crippen LogP contribution in [0.5, 0.6) is 0 Å². The number of para-hydroxylation sites is 1. The van der Waals surface area contributed by atoms with Crippen LogP contribution in [-0.2, 0) is 4.74 Å². The molecule has 3 fully saturated rings. The normalized spacial score (nSPS) is 26.1. The van der Waals surface area contributed by atoms with Gasteiger partial charge in [0, 0.05) is 29.7 Å². The number of carbonyl (C=O) groups is 1. The van der Waals surface area contributed by atoms with Crippen LogP contribution in [0.4, 0.5) is 0 Å². The summed E-state index contributed by atoms with van der Waals surface area (Å²) in [5.74, 6) is 1.57. The van der Waals surface area contributed by atoms with Gasteiger partial charge in [-0.05, 0) is 48.9 Å². The molecule has 2 aromatic carbocycles. The average molecular weight is 415 g/mol. The molecule has 0 N–H and O–H groups in total. The molecular formula is C27H30N2O2. The Balaban J connectivity index is 1.46. The lowest BCUT2D eigenvalue weighted by Gasteiger charge is -2.52. The summed E-state index contributed by atoms with van der Waals surface area (Å²) in [6.07, 6.45) is 5.39. The molecule has 0 spiro atoms. The highest BCUT2D eigenvalue weighted by Crippen LogP contribution is 2.43. The number of fused-ring (bicyclic) bond motifs is 4. The molecule has 3 saturated heterocycles. The molecule has 4 heteroatoms. The third-order valence-electron chi connectivity index (χ3n) is 7.29. The molecule has 0 radical (unpaired) electrons. The van der Waals surface area contributed by atoms with Crippen molar-refractivity contribution in [1.82, 2.24) is 9.88 Å². The SMILES string of the molecule is CC[C@H]1CN2CC[C@H]1C[C@@H]2[C@@H](OCC(=O)c1ccccc1)c1ccnc2ccccc12. The first kappa shape index (κ1) is 20.3. The van der Waals surface area contributed by atoms with Crippen molar-refractivity contribution in [2.24, 2.45) is 11.8 Å². The molecule has 0 aliphatic carbocycles. The maximum absolute atomic E-state index is 12.8. The highest BCUT2D eigenvalue weighted by atomic mass is 16.5. The monoisotopic (exact) mass is 414 g/mol. The molecule has 0 saturated carbocycles. The Labute approximate surface area is 184 Å². The van der Waals surface area contributed by atoms with E-state index >= 15 is 0 Å². The number of hydrogen-bond acceptors (Lipinski definition) is 4. The van der Waals surface area contributed by atoms with Gasteiger partial charge in [-0.3, -0.25) is 14.7 Å². The summed E-state index contributed by atoms with van der Waals surface area (Å²) in [7, 11) is 0. The molecular weight excluding hydrogens is 384 g/mol. The molecule has 3 aromatic rings. The minimum atomic E-state index is -0.138. The van der Waals surface area contributed by atoms with Crippen molar-refractivity contribution in [3.63, 3.8) is 0 Å². The lowest BCUT2D eigenvalue weighted by Crippen LogP contribution is -2.55. The molecule has 2 bridgehead atoms. The van der Waals surface area contributed by atoms with E-state index in [2.05, 4.69) is 35.0 Å². The molecule has 5 atom stereocenters. The van der Waals surface area contributed by atoms with E-state index < -0.39 is 0 Å². The third kappa shape index (κ3) is 4.02. The number of aromatic nitrogens is 1. The van der Waals surface area contributed by atoms with E-state index in [9.17, 15) is 4.79 Å². The van der Waals surface area contributed by atoms with Crippen LogP contribution >= 0.6 is 0 Å². The first-order chi connectivity index (χ1) is 15.2. The molecule has 4 nitrogen and oxygen atoms in total. The van der Waals surface area contributed by atoms with E-state index in [1.807, 2.05) is 48.7 Å². The van der Waals surface area contributed by atoms with Gasteiger partial charge in [0.15, 0.2) is 5.78 Å². The van der Waals surface area contributed by atoms with Gasteiger partial charge >= 0.3 is 0 Å². The molecule has 1 aromatic heterocycles. The number of hydrogen-bond donors (Lipinski definition) is 0. The molecule has 31 heavy (non-hydrogen) atoms. The van der Waals surface area contributed by atoms with Crippen molar-refractivity contribution in [3.8, 4) is 0 Å². The minimum Gasteiger partial charge on any atom is -0.364 e. The highest BCUT2D eigenvalue weighted by Gasteiger charge is 2.43. The van der Waals surface area contributed by atoms with Gasteiger partial charge in [-0.25, -0.2) is 0 Å². The number of pyridine rings is 1. The Kier molecular flexibility index (Phi) is 5.84. The highest BCUT2D eigenvalue weighted by molar-refractivity contribution is 5.97. The summed E-state index contributed by atoms with van der Waals surface area (Å²) in [4.78, 5) is 20.0. The number of carbonyl (C=O) groups excluding carboxylic acids is 1. The van der Waals surface area contributed by atoms with Gasteiger partial charge in [0.25, 0.3) is 0 Å². The van der Waals surface area contributed by atoms with Gasteiger partial charge in [-0.2, -0.15) is 0 Å². The molecule has 3 aliphatic heterocycles. The smallest absolute Gasteiger partial charge is 0.188 e. The second-order valence-electron chi connectivity index (χ2n) is 8.95. The average Bonchev–Trinajstić information content (AvgIpc) is 2.85. The zero-order valence-corrected chi connectivity index (χ0v) is 18.1. The lowest BCUT2D eigenvalue weighted by atomic mass is 9.72. The van der Waals surface area contributed by atoms with Crippen molar-refractivity contribution in [1.29, 1.82) is 0 Å². The lowest BCUT2D eigenvalue weighted by molar-refractivity contribution is -0.0782. The zero-order chi connectivity index (χ0) is 21.2. The summed E-state index contributed by atoms with van der Waals surface area (Å²) >= 11 is 0. The predicted molar refractivity (Wildman–Crippen MR) is 123 cm³/mol. The van der Waals surface area contributed by atoms with Gasteiger partial charge in [0.05, 0.1) is 11.6 Å². The summed E-state index contributed by atoms with van der Waals surface area (Å²) in [6, 6.07) is 20.1. The standard InChI is InChI=1S/C27H30N2O2/c1-2-19-17-29-15-13-21(19)16-25(29)27(31-18-26(30)20-8-4-3-5-9-20)23-12-14-28-24-11-7-6-10-22(23)24/h3-12,14,19,21,25,27H,2,13,15-18H2,1H3/t19-,21-,25+,27-/m0/s1. The maximum atomic E-state index is 12.8. The molecule has 1 unspecified atom stereocenters. The third-order valence-corrected chi connectivity index (χ3v) is 7.29. The predicted octanol–water partition coefficient (Wildman–Crippen LogP) is 5.30. The second-order valence-corrected chi connectivity index (χ2v) is 8.95. The number of nitrogens with zero attached hydrogens (tertiary/aromatic N) is 2. The number of ether oxygens (including phenoxy) is 1. The number of rotatable bonds is 7. The minimum absolute atomic E-state index is 0.0337. The van der Waals surface area contributed by atoms with E-state index in [0.717, 1.165) is 47.8 Å². The van der Waals surface area contributed by atoms with Crippen LogP contribution in [0.25, 0.3) is 10.9 Å². The first-order valence-corrected chi connectivity index (χ1v) is 11.5. The van der Waals surface area contributed by atoms with Crippen LogP contribution in [0.2, 0.25) is 0 Å². The Morgan fingerprint density at radius 2 is 1.94 bits per heavy atom. The van der Waals surface area contributed by atoms with Crippen molar-refractivity contribution < 1.29 is 9.53 Å². The van der Waals surface area contributed by atoms with E-state index in [4.69, 9.17) is 4.74 Å². The second kappa shape index (κ2) is 8.89. The van der Waals surface area contributed by atoms with Crippen LogP contribution < -0.4 is 0 Å². The van der Waals surface area contributed by atoms with Gasteiger partial charge < -0.3 is 4.74 Å². The summed E-state index contributed by atoms with van der Waals surface area (Å²) in [6.45, 7) is 4.67. The van der Waals surface area contributed by atoms with E-state index in [1.165, 1.54) is 12.8 Å². The quantitative estimate of drug-likeness (QED) is 0.492. The van der Waals surface area contributed by atoms with Crippen LogP contribution in [0.15, 0.2) is 66.9 Å². The first-order valence-electron chi connectivity index (χ1n) is 11.5. The van der Waals surface area contributed by atoms with E-state index in [1.54, 1.807) is 0 Å². The van der Waals surface area contributed by atoms with Gasteiger partial charge in [0.1, 0.15) is 6.61 Å². The number of ketones is 1. The number of piperidine rings is 3. The molecule has 160 valence electrons. The molecule has 3 aliphatic rings. The number of Topliss-reactive ketones (excluding diaryl/α,β-unsaturated/α-hetero) is 1. The molecule has 0 amide bonds. The molecule has 4 heterocycles. The van der Waals surface area contributed by atoms with Crippen LogP contribution in [0, 0.1) is 11.8 Å². The Morgan fingerprint density at radius 3 is 2.71 bits per heavy atom. The largest absolute Gasteiger partial charge is 0.364 e. The number of benzene rings is 2. The fourth-order valence-electron chi connectivity index (χ4n) is 5.60. The Bertz CT molecular complexity index is 1050. The fourth-order valence-corrected chi connectivity index (χ4v) is 5.60. The zero-order valence-electron chi connectivity index (χ0n) is 18.1. The molecule has 6 rings (SSSR count). The van der Waals surface area contributed by atoms with Crippen LogP contribution in [0.1, 0.15) is 48.2 Å². The summed E-state index contributed by atoms with van der Waals surface area (Å²) in [5, 5.41) is 1.12. The van der Waals surface area contributed by atoms with E-state index in [-0.39, 0.29) is 18.5 Å². The van der Waals surface area contributed by atoms with Crippen molar-refractivity contribution in [3.05, 3.63) is 78.0 Å². The topological polar surface area (TPSA) is 42.4 Å². The van der Waals surface area contributed by atoms with Crippen LogP contribution in [0.3, 0.4) is 0 Å². The maximum Gasteiger partial charge on any atom is 0.188 e. The van der Waals surface area contributed by atoms with Crippen molar-refractivity contribution in [2.45, 2.75) is 38.3 Å². The van der Waals surface area contributed by atoms with Crippen molar-refractivity contribution in [2.75, 3.05) is 19.7 Å². The fraction of sp³-hybridized carbons (Fsp3) is 0.407. The van der Waals surface area contributed by atoms with Gasteiger partial charge in [0.2, 0.25) is 0 Å². The van der Waals surface area contributed by atoms with Gasteiger partial charge in [-0.15, -0.1) is 0 Å². The Hall–Kier alpha value is -2.56. The van der Waals surface area contributed by atoms with Crippen molar-refractivity contribution >= 4 is 16.7 Å². The summed E-state index contributed by atoms with van der Waals surface area (Å²) in [5.41, 5.74) is 2.83. The Morgan fingerprint density at radius 1 is 1.13 bits per heavy atom. The summed E-state index contributed by atoms with van der Waals surface area (Å²) < 4.78 is 6.49.